The fourth-order valence-electron chi connectivity index (χ4n) is 1.90. The van der Waals surface area contributed by atoms with Crippen molar-refractivity contribution in [3.63, 3.8) is 0 Å². The van der Waals surface area contributed by atoms with Crippen LogP contribution < -0.4 is 4.74 Å². The number of benzene rings is 1. The largest absolute Gasteiger partial charge is 0.491 e. The van der Waals surface area contributed by atoms with Crippen LogP contribution in [-0.2, 0) is 11.2 Å². The van der Waals surface area contributed by atoms with Gasteiger partial charge in [-0.15, -0.1) is 0 Å². The number of ether oxygens (including phenoxy) is 1. The lowest BCUT2D eigenvalue weighted by molar-refractivity contribution is -0.136. The van der Waals surface area contributed by atoms with E-state index in [9.17, 15) is 4.79 Å². The summed E-state index contributed by atoms with van der Waals surface area (Å²) in [5.74, 6) is 0.0530. The molecular weight excluding hydrogens is 216 g/mol. The van der Waals surface area contributed by atoms with Gasteiger partial charge in [0.1, 0.15) is 5.75 Å². The van der Waals surface area contributed by atoms with E-state index in [1.165, 1.54) is 0 Å². The van der Waals surface area contributed by atoms with Crippen molar-refractivity contribution in [3.05, 3.63) is 28.3 Å². The van der Waals surface area contributed by atoms with Crippen LogP contribution in [0.5, 0.6) is 5.75 Å². The van der Waals surface area contributed by atoms with Gasteiger partial charge in [-0.1, -0.05) is 0 Å². The van der Waals surface area contributed by atoms with Gasteiger partial charge in [0.15, 0.2) is 0 Å². The molecule has 0 fully saturated rings. The lowest BCUT2D eigenvalue weighted by atomic mass is 9.95. The van der Waals surface area contributed by atoms with E-state index in [1.807, 2.05) is 40.7 Å². The van der Waals surface area contributed by atoms with Gasteiger partial charge in [0.2, 0.25) is 0 Å². The lowest BCUT2D eigenvalue weighted by Gasteiger charge is -2.18. The summed E-state index contributed by atoms with van der Waals surface area (Å²) in [5.41, 5.74) is 3.92. The third-order valence-electron chi connectivity index (χ3n) is 2.90. The number of aliphatic carboxylic acids is 1. The van der Waals surface area contributed by atoms with E-state index >= 15 is 0 Å². The Balaban J connectivity index is 3.21. The molecular formula is C14H20O3. The summed E-state index contributed by atoms with van der Waals surface area (Å²) < 4.78 is 5.72. The van der Waals surface area contributed by atoms with Crippen LogP contribution in [-0.4, -0.2) is 17.2 Å². The monoisotopic (exact) mass is 236 g/mol. The summed E-state index contributed by atoms with van der Waals surface area (Å²) in [6, 6.07) is 1.93. The topological polar surface area (TPSA) is 46.5 Å². The fraction of sp³-hybridized carbons (Fsp3) is 0.500. The molecule has 0 aliphatic heterocycles. The second-order valence-electron chi connectivity index (χ2n) is 4.66. The van der Waals surface area contributed by atoms with E-state index < -0.39 is 5.97 Å². The Morgan fingerprint density at radius 2 is 1.88 bits per heavy atom. The van der Waals surface area contributed by atoms with Crippen LogP contribution >= 0.6 is 0 Å². The summed E-state index contributed by atoms with van der Waals surface area (Å²) in [6.07, 6.45) is 0.193. The average molecular weight is 236 g/mol. The van der Waals surface area contributed by atoms with Gasteiger partial charge in [0, 0.05) is 0 Å². The summed E-state index contributed by atoms with van der Waals surface area (Å²) in [4.78, 5) is 10.8. The minimum atomic E-state index is -0.798. The maximum absolute atomic E-state index is 10.8. The van der Waals surface area contributed by atoms with Crippen molar-refractivity contribution < 1.29 is 14.6 Å². The highest BCUT2D eigenvalue weighted by molar-refractivity contribution is 5.72. The summed E-state index contributed by atoms with van der Waals surface area (Å²) in [5, 5.41) is 8.89. The zero-order chi connectivity index (χ0) is 13.2. The molecule has 1 aromatic rings. The second kappa shape index (κ2) is 5.21. The molecule has 0 heterocycles. The molecule has 17 heavy (non-hydrogen) atoms. The van der Waals surface area contributed by atoms with Crippen molar-refractivity contribution in [2.75, 3.05) is 0 Å². The van der Waals surface area contributed by atoms with Crippen molar-refractivity contribution in [2.24, 2.45) is 0 Å². The van der Waals surface area contributed by atoms with E-state index in [1.54, 1.807) is 0 Å². The smallest absolute Gasteiger partial charge is 0.307 e. The van der Waals surface area contributed by atoms with E-state index in [0.29, 0.717) is 0 Å². The van der Waals surface area contributed by atoms with Gasteiger partial charge in [-0.2, -0.15) is 0 Å². The molecule has 94 valence electrons. The maximum atomic E-state index is 10.8. The summed E-state index contributed by atoms with van der Waals surface area (Å²) in [7, 11) is 0. The molecule has 0 aromatic heterocycles. The molecule has 0 saturated heterocycles. The number of carboxylic acids is 1. The molecule has 0 amide bonds. The molecule has 0 saturated carbocycles. The average Bonchev–Trinajstić information content (AvgIpc) is 2.20. The van der Waals surface area contributed by atoms with Gasteiger partial charge in [-0.05, 0) is 62.9 Å². The maximum Gasteiger partial charge on any atom is 0.307 e. The first-order valence-electron chi connectivity index (χ1n) is 5.81. The zero-order valence-corrected chi connectivity index (χ0v) is 11.1. The zero-order valence-electron chi connectivity index (χ0n) is 11.1. The van der Waals surface area contributed by atoms with Crippen molar-refractivity contribution in [2.45, 2.75) is 47.1 Å². The first-order chi connectivity index (χ1) is 7.82. The Morgan fingerprint density at radius 3 is 2.35 bits per heavy atom. The first kappa shape index (κ1) is 13.6. The molecule has 1 N–H and O–H groups in total. The Morgan fingerprint density at radius 1 is 1.29 bits per heavy atom. The number of rotatable bonds is 4. The second-order valence-corrected chi connectivity index (χ2v) is 4.66. The van der Waals surface area contributed by atoms with E-state index in [2.05, 4.69) is 0 Å². The Labute approximate surface area is 102 Å². The van der Waals surface area contributed by atoms with Gasteiger partial charge < -0.3 is 9.84 Å². The molecule has 0 spiro atoms. The number of carbonyl (C=O) groups is 1. The third-order valence-corrected chi connectivity index (χ3v) is 2.90. The molecule has 0 aliphatic carbocycles. The van der Waals surface area contributed by atoms with Gasteiger partial charge in [-0.3, -0.25) is 4.79 Å². The van der Waals surface area contributed by atoms with Crippen LogP contribution in [0.15, 0.2) is 6.07 Å². The van der Waals surface area contributed by atoms with Crippen LogP contribution in [0.2, 0.25) is 0 Å². The molecule has 0 radical (unpaired) electrons. The minimum Gasteiger partial charge on any atom is -0.491 e. The fourth-order valence-corrected chi connectivity index (χ4v) is 1.90. The SMILES string of the molecule is Cc1cc(OC(C)C)c(C)c(C)c1CC(=O)O. The number of aryl methyl sites for hydroxylation is 1. The lowest BCUT2D eigenvalue weighted by Crippen LogP contribution is -2.10. The molecule has 3 nitrogen and oxygen atoms in total. The van der Waals surface area contributed by atoms with Crippen LogP contribution in [0.25, 0.3) is 0 Å². The summed E-state index contributed by atoms with van der Waals surface area (Å²) >= 11 is 0. The molecule has 0 unspecified atom stereocenters. The molecule has 1 rings (SSSR count). The minimum absolute atomic E-state index is 0.0699. The van der Waals surface area contributed by atoms with Gasteiger partial charge >= 0.3 is 5.97 Å². The quantitative estimate of drug-likeness (QED) is 0.874. The third kappa shape index (κ3) is 3.22. The highest BCUT2D eigenvalue weighted by Crippen LogP contribution is 2.28. The predicted molar refractivity (Wildman–Crippen MR) is 67.8 cm³/mol. The van der Waals surface area contributed by atoms with E-state index in [4.69, 9.17) is 9.84 Å². The Bertz CT molecular complexity index is 434. The van der Waals surface area contributed by atoms with Crippen LogP contribution in [0, 0.1) is 20.8 Å². The molecule has 0 atom stereocenters. The first-order valence-corrected chi connectivity index (χ1v) is 5.81. The summed E-state index contributed by atoms with van der Waals surface area (Å²) in [6.45, 7) is 9.81. The van der Waals surface area contributed by atoms with Gasteiger partial charge in [-0.25, -0.2) is 0 Å². The van der Waals surface area contributed by atoms with Crippen LogP contribution in [0.1, 0.15) is 36.1 Å². The predicted octanol–water partition coefficient (Wildman–Crippen LogP) is 3.03. The van der Waals surface area contributed by atoms with Crippen molar-refractivity contribution in [1.82, 2.24) is 0 Å². The highest BCUT2D eigenvalue weighted by atomic mass is 16.5. The normalized spacial score (nSPS) is 10.7. The standard InChI is InChI=1S/C14H20O3/c1-8(2)17-13-6-9(3)12(7-14(15)16)10(4)11(13)5/h6,8H,7H2,1-5H3,(H,15,16). The Kier molecular flexibility index (Phi) is 4.16. The molecule has 0 bridgehead atoms. The van der Waals surface area contributed by atoms with Crippen molar-refractivity contribution >= 4 is 5.97 Å². The van der Waals surface area contributed by atoms with Crippen LogP contribution in [0.4, 0.5) is 0 Å². The number of carboxylic acid groups (broad SMARTS) is 1. The van der Waals surface area contributed by atoms with Crippen molar-refractivity contribution in [3.8, 4) is 5.75 Å². The van der Waals surface area contributed by atoms with E-state index in [-0.39, 0.29) is 12.5 Å². The molecule has 0 aliphatic rings. The van der Waals surface area contributed by atoms with Gasteiger partial charge in [0.05, 0.1) is 12.5 Å². The molecule has 1 aromatic carbocycles. The van der Waals surface area contributed by atoms with Crippen LogP contribution in [0.3, 0.4) is 0 Å². The number of hydrogen-bond acceptors (Lipinski definition) is 2. The van der Waals surface area contributed by atoms with E-state index in [0.717, 1.165) is 28.0 Å². The Hall–Kier alpha value is -1.51. The highest BCUT2D eigenvalue weighted by Gasteiger charge is 2.14. The molecule has 3 heteroatoms. The van der Waals surface area contributed by atoms with Gasteiger partial charge in [0.25, 0.3) is 0 Å². The van der Waals surface area contributed by atoms with Crippen molar-refractivity contribution in [1.29, 1.82) is 0 Å². The number of hydrogen-bond donors (Lipinski definition) is 1.